The summed E-state index contributed by atoms with van der Waals surface area (Å²) in [7, 11) is 0. The van der Waals surface area contributed by atoms with Crippen LogP contribution in [0.1, 0.15) is 24.1 Å². The molecule has 0 bridgehead atoms. The smallest absolute Gasteiger partial charge is 0.148 e. The van der Waals surface area contributed by atoms with E-state index in [-0.39, 0.29) is 6.04 Å². The Morgan fingerprint density at radius 3 is 2.72 bits per heavy atom. The highest BCUT2D eigenvalue weighted by molar-refractivity contribution is 5.56. The molecule has 0 amide bonds. The van der Waals surface area contributed by atoms with E-state index in [4.69, 9.17) is 5.84 Å². The minimum Gasteiger partial charge on any atom is -0.363 e. The zero-order valence-corrected chi connectivity index (χ0v) is 10.4. The van der Waals surface area contributed by atoms with Gasteiger partial charge >= 0.3 is 0 Å². The summed E-state index contributed by atoms with van der Waals surface area (Å²) in [5, 5.41) is 3.31. The van der Waals surface area contributed by atoms with E-state index in [9.17, 15) is 0 Å². The van der Waals surface area contributed by atoms with Crippen LogP contribution in [0.25, 0.3) is 0 Å². The van der Waals surface area contributed by atoms with Gasteiger partial charge in [-0.15, -0.1) is 0 Å². The Labute approximate surface area is 106 Å². The van der Waals surface area contributed by atoms with E-state index in [0.29, 0.717) is 5.82 Å². The maximum Gasteiger partial charge on any atom is 0.148 e. The van der Waals surface area contributed by atoms with Crippen LogP contribution in [0.3, 0.4) is 0 Å². The molecule has 2 rings (SSSR count). The molecule has 1 atom stereocenters. The second-order valence-electron chi connectivity index (χ2n) is 3.99. The predicted octanol–water partition coefficient (Wildman–Crippen LogP) is 1.64. The van der Waals surface area contributed by atoms with Crippen molar-refractivity contribution in [2.45, 2.75) is 19.9 Å². The Bertz CT molecular complexity index is 513. The van der Waals surface area contributed by atoms with Crippen LogP contribution in [0.5, 0.6) is 0 Å². The number of nitrogen functional groups attached to an aromatic ring is 1. The third-order valence-electron chi connectivity index (χ3n) is 2.76. The van der Waals surface area contributed by atoms with Crippen molar-refractivity contribution in [2.24, 2.45) is 5.84 Å². The van der Waals surface area contributed by atoms with Gasteiger partial charge in [0.25, 0.3) is 0 Å². The molecule has 0 saturated heterocycles. The van der Waals surface area contributed by atoms with Crippen LogP contribution in [0, 0.1) is 6.92 Å². The zero-order valence-electron chi connectivity index (χ0n) is 10.4. The normalized spacial score (nSPS) is 11.9. The maximum atomic E-state index is 5.38. The lowest BCUT2D eigenvalue weighted by Gasteiger charge is -2.16. The standard InChI is InChI=1S/C12H16N6/c1-8-11(15-7-16-12(8)18-13)17-9(2)10-4-3-5-14-6-10/h3-7,9H,13H2,1-2H3,(H2,15,16,17,18). The fourth-order valence-corrected chi connectivity index (χ4v) is 1.66. The maximum absolute atomic E-state index is 5.38. The van der Waals surface area contributed by atoms with Crippen molar-refractivity contribution >= 4 is 11.6 Å². The highest BCUT2D eigenvalue weighted by Crippen LogP contribution is 2.22. The summed E-state index contributed by atoms with van der Waals surface area (Å²) >= 11 is 0. The summed E-state index contributed by atoms with van der Waals surface area (Å²) in [6, 6.07) is 4.04. The lowest BCUT2D eigenvalue weighted by atomic mass is 10.1. The number of rotatable bonds is 4. The molecule has 2 heterocycles. The van der Waals surface area contributed by atoms with Gasteiger partial charge in [-0.25, -0.2) is 15.8 Å². The minimum atomic E-state index is 0.109. The largest absolute Gasteiger partial charge is 0.363 e. The van der Waals surface area contributed by atoms with Crippen LogP contribution in [0.4, 0.5) is 11.6 Å². The van der Waals surface area contributed by atoms with Crippen molar-refractivity contribution in [3.63, 3.8) is 0 Å². The van der Waals surface area contributed by atoms with Gasteiger partial charge in [0, 0.05) is 18.0 Å². The predicted molar refractivity (Wildman–Crippen MR) is 70.9 cm³/mol. The van der Waals surface area contributed by atoms with E-state index < -0.39 is 0 Å². The molecule has 2 aromatic heterocycles. The molecule has 0 aliphatic heterocycles. The third-order valence-corrected chi connectivity index (χ3v) is 2.76. The van der Waals surface area contributed by atoms with Crippen molar-refractivity contribution in [3.05, 3.63) is 42.0 Å². The molecule has 0 aromatic carbocycles. The van der Waals surface area contributed by atoms with Gasteiger partial charge in [0.15, 0.2) is 0 Å². The Balaban J connectivity index is 2.19. The molecule has 0 aliphatic rings. The molecule has 0 radical (unpaired) electrons. The monoisotopic (exact) mass is 244 g/mol. The second-order valence-corrected chi connectivity index (χ2v) is 3.99. The van der Waals surface area contributed by atoms with Gasteiger partial charge in [-0.2, -0.15) is 0 Å². The molecule has 0 saturated carbocycles. The number of anilines is 2. The SMILES string of the molecule is Cc1c(NN)ncnc1NC(C)c1cccnc1. The first kappa shape index (κ1) is 12.3. The topological polar surface area (TPSA) is 88.8 Å². The van der Waals surface area contributed by atoms with Gasteiger partial charge < -0.3 is 10.7 Å². The molecular weight excluding hydrogens is 228 g/mol. The summed E-state index contributed by atoms with van der Waals surface area (Å²) in [6.07, 6.45) is 5.05. The van der Waals surface area contributed by atoms with Crippen molar-refractivity contribution in [2.75, 3.05) is 10.7 Å². The van der Waals surface area contributed by atoms with Gasteiger partial charge in [0.05, 0.1) is 6.04 Å². The number of nitrogens with two attached hydrogens (primary N) is 1. The summed E-state index contributed by atoms with van der Waals surface area (Å²) in [4.78, 5) is 12.4. The molecule has 4 N–H and O–H groups in total. The lowest BCUT2D eigenvalue weighted by molar-refractivity contribution is 0.860. The Morgan fingerprint density at radius 2 is 2.06 bits per heavy atom. The molecule has 2 aromatic rings. The highest BCUT2D eigenvalue weighted by atomic mass is 15.3. The number of hydrogen-bond acceptors (Lipinski definition) is 6. The molecular formula is C12H16N6. The fraction of sp³-hybridized carbons (Fsp3) is 0.250. The van der Waals surface area contributed by atoms with E-state index >= 15 is 0 Å². The van der Waals surface area contributed by atoms with E-state index in [0.717, 1.165) is 16.9 Å². The molecule has 6 nitrogen and oxygen atoms in total. The minimum absolute atomic E-state index is 0.109. The van der Waals surface area contributed by atoms with Gasteiger partial charge in [-0.3, -0.25) is 4.98 Å². The first-order valence-electron chi connectivity index (χ1n) is 5.67. The summed E-state index contributed by atoms with van der Waals surface area (Å²) in [5.41, 5.74) is 4.53. The van der Waals surface area contributed by atoms with Crippen LogP contribution in [-0.2, 0) is 0 Å². The summed E-state index contributed by atoms with van der Waals surface area (Å²) in [5.74, 6) is 6.76. The molecule has 0 fully saturated rings. The highest BCUT2D eigenvalue weighted by Gasteiger charge is 2.10. The van der Waals surface area contributed by atoms with Crippen LogP contribution < -0.4 is 16.6 Å². The summed E-state index contributed by atoms with van der Waals surface area (Å²) in [6.45, 7) is 3.96. The third kappa shape index (κ3) is 2.54. The number of nitrogens with one attached hydrogen (secondary N) is 2. The van der Waals surface area contributed by atoms with E-state index in [1.165, 1.54) is 6.33 Å². The molecule has 94 valence electrons. The van der Waals surface area contributed by atoms with Gasteiger partial charge in [0.1, 0.15) is 18.0 Å². The van der Waals surface area contributed by atoms with Crippen LogP contribution in [0.2, 0.25) is 0 Å². The summed E-state index contributed by atoms with van der Waals surface area (Å²) < 4.78 is 0. The number of hydrazine groups is 1. The van der Waals surface area contributed by atoms with E-state index in [1.807, 2.05) is 32.2 Å². The number of aromatic nitrogens is 3. The second kappa shape index (κ2) is 5.42. The number of pyridine rings is 1. The van der Waals surface area contributed by atoms with Gasteiger partial charge in [-0.1, -0.05) is 6.07 Å². The molecule has 6 heteroatoms. The molecule has 1 unspecified atom stereocenters. The first-order valence-corrected chi connectivity index (χ1v) is 5.67. The van der Waals surface area contributed by atoms with Crippen molar-refractivity contribution in [3.8, 4) is 0 Å². The lowest BCUT2D eigenvalue weighted by Crippen LogP contribution is -2.14. The molecule has 0 spiro atoms. The van der Waals surface area contributed by atoms with Crippen LogP contribution in [-0.4, -0.2) is 15.0 Å². The average Bonchev–Trinajstić information content (AvgIpc) is 2.42. The number of nitrogens with zero attached hydrogens (tertiary/aromatic N) is 3. The fourth-order valence-electron chi connectivity index (χ4n) is 1.66. The van der Waals surface area contributed by atoms with Crippen LogP contribution >= 0.6 is 0 Å². The van der Waals surface area contributed by atoms with Crippen molar-refractivity contribution < 1.29 is 0 Å². The Morgan fingerprint density at radius 1 is 1.28 bits per heavy atom. The Kier molecular flexibility index (Phi) is 3.69. The molecule has 18 heavy (non-hydrogen) atoms. The molecule has 0 aliphatic carbocycles. The van der Waals surface area contributed by atoms with E-state index in [1.54, 1.807) is 6.20 Å². The van der Waals surface area contributed by atoms with E-state index in [2.05, 4.69) is 25.7 Å². The van der Waals surface area contributed by atoms with Gasteiger partial charge in [-0.05, 0) is 25.5 Å². The van der Waals surface area contributed by atoms with Crippen molar-refractivity contribution in [1.82, 2.24) is 15.0 Å². The zero-order chi connectivity index (χ0) is 13.0. The van der Waals surface area contributed by atoms with Gasteiger partial charge in [0.2, 0.25) is 0 Å². The quantitative estimate of drug-likeness (QED) is 0.559. The van der Waals surface area contributed by atoms with Crippen molar-refractivity contribution in [1.29, 1.82) is 0 Å². The van der Waals surface area contributed by atoms with Crippen LogP contribution in [0.15, 0.2) is 30.9 Å². The first-order chi connectivity index (χ1) is 8.72. The number of hydrogen-bond donors (Lipinski definition) is 3. The average molecular weight is 244 g/mol. The Hall–Kier alpha value is -2.21.